The predicted molar refractivity (Wildman–Crippen MR) is 238 cm³/mol. The van der Waals surface area contributed by atoms with Gasteiger partial charge in [-0.1, -0.05) is 92.7 Å². The maximum atomic E-state index is 14.5. The number of fused-ring (bicyclic) bond motifs is 1. The molecule has 12 N–H and O–H groups in total. The van der Waals surface area contributed by atoms with Gasteiger partial charge >= 0.3 is 5.97 Å². The van der Waals surface area contributed by atoms with Gasteiger partial charge in [0.05, 0.1) is 18.1 Å². The summed E-state index contributed by atoms with van der Waals surface area (Å²) in [4.78, 5) is 104. The van der Waals surface area contributed by atoms with Crippen molar-refractivity contribution >= 4 is 52.3 Å². The lowest BCUT2D eigenvalue weighted by Crippen LogP contribution is -2.60. The van der Waals surface area contributed by atoms with E-state index in [0.717, 1.165) is 10.9 Å². The van der Waals surface area contributed by atoms with Crippen molar-refractivity contribution < 1.29 is 38.7 Å². The topological polar surface area (TPSA) is 296 Å². The third kappa shape index (κ3) is 14.4. The number of nitrogens with one attached hydrogen (secondary N) is 7. The minimum atomic E-state index is -1.33. The highest BCUT2D eigenvalue weighted by molar-refractivity contribution is 5.97. The highest BCUT2D eigenvalue weighted by Crippen LogP contribution is 2.20. The zero-order valence-electron chi connectivity index (χ0n) is 35.7. The van der Waals surface area contributed by atoms with E-state index in [9.17, 15) is 38.7 Å². The van der Waals surface area contributed by atoms with Crippen molar-refractivity contribution in [2.75, 3.05) is 0 Å². The fourth-order valence-electron chi connectivity index (χ4n) is 7.16. The number of carboxylic acid groups (broad SMARTS) is 1. The number of H-pyrrole nitrogens is 2. The molecule has 0 saturated heterocycles. The van der Waals surface area contributed by atoms with E-state index in [4.69, 9.17) is 11.5 Å². The second-order valence-corrected chi connectivity index (χ2v) is 16.1. The van der Waals surface area contributed by atoms with Crippen molar-refractivity contribution in [3.8, 4) is 0 Å². The van der Waals surface area contributed by atoms with Gasteiger partial charge in [0.15, 0.2) is 0 Å². The molecular formula is C46H56N10O8. The molecule has 0 unspecified atom stereocenters. The number of carbonyl (C=O) groups excluding carboxylic acids is 6. The van der Waals surface area contributed by atoms with E-state index < -0.39 is 77.7 Å². The summed E-state index contributed by atoms with van der Waals surface area (Å²) in [6, 6.07) is 17.6. The van der Waals surface area contributed by atoms with Crippen molar-refractivity contribution in [3.05, 3.63) is 126 Å². The number of nitrogens with two attached hydrogens (primary N) is 2. The molecule has 5 aromatic rings. The first-order chi connectivity index (χ1) is 30.7. The number of aromatic amines is 2. The molecular weight excluding hydrogens is 821 g/mol. The summed E-state index contributed by atoms with van der Waals surface area (Å²) in [5.41, 5.74) is 14.5. The van der Waals surface area contributed by atoms with E-state index in [0.29, 0.717) is 22.4 Å². The Balaban J connectivity index is 1.40. The smallest absolute Gasteiger partial charge is 0.326 e. The van der Waals surface area contributed by atoms with Crippen LogP contribution in [0.4, 0.5) is 0 Å². The molecule has 5 rings (SSSR count). The van der Waals surface area contributed by atoms with Gasteiger partial charge in [-0.2, -0.15) is 0 Å². The molecule has 3 aromatic carbocycles. The van der Waals surface area contributed by atoms with E-state index in [1.165, 1.54) is 6.33 Å². The normalized spacial score (nSPS) is 14.0. The second-order valence-electron chi connectivity index (χ2n) is 16.1. The van der Waals surface area contributed by atoms with Gasteiger partial charge in [0.1, 0.15) is 30.2 Å². The van der Waals surface area contributed by atoms with Gasteiger partial charge in [-0.3, -0.25) is 28.8 Å². The Hall–Kier alpha value is -7.34. The Morgan fingerprint density at radius 2 is 1.12 bits per heavy atom. The van der Waals surface area contributed by atoms with E-state index in [1.807, 2.05) is 38.1 Å². The van der Waals surface area contributed by atoms with Crippen LogP contribution in [0.15, 0.2) is 104 Å². The number of hydrogen-bond acceptors (Lipinski definition) is 9. The number of imidazole rings is 1. The first kappa shape index (κ1) is 47.7. The van der Waals surface area contributed by atoms with Crippen molar-refractivity contribution in [2.24, 2.45) is 17.4 Å². The molecule has 0 radical (unpaired) electrons. The minimum absolute atomic E-state index is 0.0142. The van der Waals surface area contributed by atoms with E-state index in [1.54, 1.807) is 73.1 Å². The van der Waals surface area contributed by atoms with Crippen molar-refractivity contribution in [1.82, 2.24) is 41.5 Å². The standard InChI is InChI=1S/C46H56N10O8/c1-27(2)19-35(53-45(62)38(23-31-25-49-26-51-31)52-41(58)33(47)17-18-40(48)57)42(59)54-36(20-28-11-5-3-6-12-28)43(60)55-37(22-30-24-50-34-16-10-9-15-32(30)34)44(61)56-39(46(63)64)21-29-13-7-4-8-14-29/h3-16,24-27,33,35-39,50H,17-23,47H2,1-2H3,(H2,48,57)(H,49,51)(H,52,58)(H,53,62)(H,54,59)(H,55,60)(H,56,61)(H,63,64)/t33-,35-,36-,37-,38-,39-/m0/s1. The number of para-hydroxylation sites is 1. The van der Waals surface area contributed by atoms with Crippen LogP contribution in [0.5, 0.6) is 0 Å². The number of benzene rings is 3. The number of amides is 6. The minimum Gasteiger partial charge on any atom is -0.480 e. The molecule has 18 heteroatoms. The van der Waals surface area contributed by atoms with Crippen LogP contribution in [-0.2, 0) is 59.2 Å². The number of primary amides is 1. The number of rotatable bonds is 24. The number of nitrogens with zero attached hydrogens (tertiary/aromatic N) is 1. The third-order valence-electron chi connectivity index (χ3n) is 10.5. The van der Waals surface area contributed by atoms with Crippen LogP contribution in [0.1, 0.15) is 55.5 Å². The Kier molecular flexibility index (Phi) is 17.3. The average molecular weight is 877 g/mol. The SMILES string of the molecule is CC(C)C[C@H](NC(=O)[C@H](Cc1c[nH]cn1)NC(=O)[C@@H](N)CCC(N)=O)C(=O)N[C@@H](Cc1ccccc1)C(=O)N[C@@H](Cc1c[nH]c2ccccc12)C(=O)N[C@@H](Cc1ccccc1)C(=O)O. The Morgan fingerprint density at radius 3 is 1.69 bits per heavy atom. The molecule has 0 aliphatic rings. The molecule has 2 aromatic heterocycles. The quantitative estimate of drug-likeness (QED) is 0.0424. The Bertz CT molecular complexity index is 2350. The van der Waals surface area contributed by atoms with Crippen molar-refractivity contribution in [1.29, 1.82) is 0 Å². The fourth-order valence-corrected chi connectivity index (χ4v) is 7.16. The van der Waals surface area contributed by atoms with Crippen molar-refractivity contribution in [2.45, 2.75) is 95.0 Å². The first-order valence-corrected chi connectivity index (χ1v) is 21.1. The van der Waals surface area contributed by atoms with Crippen LogP contribution < -0.4 is 38.1 Å². The average Bonchev–Trinajstić information content (AvgIpc) is 3.94. The highest BCUT2D eigenvalue weighted by Gasteiger charge is 2.34. The van der Waals surface area contributed by atoms with Gasteiger partial charge in [-0.25, -0.2) is 9.78 Å². The summed E-state index contributed by atoms with van der Waals surface area (Å²) in [6.45, 7) is 3.69. The van der Waals surface area contributed by atoms with Crippen LogP contribution in [0.3, 0.4) is 0 Å². The van der Waals surface area contributed by atoms with Gasteiger partial charge in [0.25, 0.3) is 0 Å². The molecule has 338 valence electrons. The van der Waals surface area contributed by atoms with Crippen LogP contribution >= 0.6 is 0 Å². The fraction of sp³-hybridized carbons (Fsp3) is 0.348. The lowest BCUT2D eigenvalue weighted by Gasteiger charge is -2.28. The summed E-state index contributed by atoms with van der Waals surface area (Å²) in [5.74, 6) is -5.71. The second kappa shape index (κ2) is 23.2. The summed E-state index contributed by atoms with van der Waals surface area (Å²) in [6.07, 6.45) is 4.44. The molecule has 0 aliphatic heterocycles. The van der Waals surface area contributed by atoms with Gasteiger partial charge < -0.3 is 53.1 Å². The number of carboxylic acids is 1. The molecule has 64 heavy (non-hydrogen) atoms. The van der Waals surface area contributed by atoms with Crippen molar-refractivity contribution in [3.63, 3.8) is 0 Å². The van der Waals surface area contributed by atoms with Gasteiger partial charge in [0, 0.05) is 55.4 Å². The summed E-state index contributed by atoms with van der Waals surface area (Å²) in [5, 5.41) is 24.5. The molecule has 0 aliphatic carbocycles. The molecule has 2 heterocycles. The van der Waals surface area contributed by atoms with E-state index >= 15 is 0 Å². The van der Waals surface area contributed by atoms with Crippen LogP contribution in [-0.4, -0.2) is 97.7 Å². The molecule has 6 atom stereocenters. The number of aromatic nitrogens is 3. The zero-order chi connectivity index (χ0) is 46.2. The Labute approximate surface area is 370 Å². The lowest BCUT2D eigenvalue weighted by molar-refractivity contribution is -0.142. The molecule has 0 saturated carbocycles. The molecule has 18 nitrogen and oxygen atoms in total. The summed E-state index contributed by atoms with van der Waals surface area (Å²) < 4.78 is 0. The van der Waals surface area contributed by atoms with Crippen LogP contribution in [0.2, 0.25) is 0 Å². The number of aliphatic carboxylic acids is 1. The molecule has 0 spiro atoms. The Morgan fingerprint density at radius 1 is 0.625 bits per heavy atom. The monoisotopic (exact) mass is 876 g/mol. The molecule has 0 bridgehead atoms. The maximum absolute atomic E-state index is 14.5. The summed E-state index contributed by atoms with van der Waals surface area (Å²) in [7, 11) is 0. The third-order valence-corrected chi connectivity index (χ3v) is 10.5. The lowest BCUT2D eigenvalue weighted by atomic mass is 9.99. The van der Waals surface area contributed by atoms with E-state index in [-0.39, 0.29) is 50.9 Å². The van der Waals surface area contributed by atoms with E-state index in [2.05, 4.69) is 41.5 Å². The van der Waals surface area contributed by atoms with Gasteiger partial charge in [-0.05, 0) is 41.5 Å². The van der Waals surface area contributed by atoms with Gasteiger partial charge in [-0.15, -0.1) is 0 Å². The first-order valence-electron chi connectivity index (χ1n) is 21.1. The van der Waals surface area contributed by atoms with Crippen LogP contribution in [0, 0.1) is 5.92 Å². The summed E-state index contributed by atoms with van der Waals surface area (Å²) >= 11 is 0. The zero-order valence-corrected chi connectivity index (χ0v) is 35.7. The maximum Gasteiger partial charge on any atom is 0.326 e. The highest BCUT2D eigenvalue weighted by atomic mass is 16.4. The largest absolute Gasteiger partial charge is 0.480 e. The predicted octanol–water partition coefficient (Wildman–Crippen LogP) is 1.31. The molecule has 0 fully saturated rings. The van der Waals surface area contributed by atoms with Gasteiger partial charge in [0.2, 0.25) is 35.4 Å². The number of hydrogen-bond donors (Lipinski definition) is 10. The van der Waals surface area contributed by atoms with Crippen LogP contribution in [0.25, 0.3) is 10.9 Å². The number of carbonyl (C=O) groups is 7. The molecule has 6 amide bonds.